The molecule has 3 N–H and O–H groups in total. The zero-order chi connectivity index (χ0) is 26.9. The molecule has 0 amide bonds. The predicted octanol–water partition coefficient (Wildman–Crippen LogP) is 3.38. The van der Waals surface area contributed by atoms with E-state index < -0.39 is 20.0 Å². The Morgan fingerprint density at radius 2 is 1.08 bits per heavy atom. The minimum Gasteiger partial charge on any atom is -0.375 e. The first kappa shape index (κ1) is 27.2. The van der Waals surface area contributed by atoms with Crippen LogP contribution >= 0.6 is 12.2 Å². The molecule has 2 aromatic carbocycles. The molecule has 204 valence electrons. The Kier molecular flexibility index (Phi) is 7.88. The van der Waals surface area contributed by atoms with Gasteiger partial charge in [0.25, 0.3) is 0 Å². The molecule has 0 spiro atoms. The van der Waals surface area contributed by atoms with Crippen molar-refractivity contribution in [3.05, 3.63) is 47.5 Å². The fourth-order valence-corrected chi connectivity index (χ4v) is 8.60. The molecule has 2 aliphatic heterocycles. The molecular formula is C26H33N5O4S3. The van der Waals surface area contributed by atoms with Crippen LogP contribution in [0.4, 0.5) is 0 Å². The third-order valence-corrected chi connectivity index (χ3v) is 11.3. The maximum atomic E-state index is 13.5. The number of hydrogen-bond acceptors (Lipinski definition) is 6. The summed E-state index contributed by atoms with van der Waals surface area (Å²) in [4.78, 5) is 0.373. The summed E-state index contributed by atoms with van der Waals surface area (Å²) in [7, 11) is -7.39. The van der Waals surface area contributed by atoms with Gasteiger partial charge in [0.1, 0.15) is 0 Å². The van der Waals surface area contributed by atoms with E-state index in [1.54, 1.807) is 45.0 Å². The van der Waals surface area contributed by atoms with Gasteiger partial charge >= 0.3 is 0 Å². The van der Waals surface area contributed by atoms with Gasteiger partial charge in [0.05, 0.1) is 15.5 Å². The van der Waals surface area contributed by atoms with Crippen LogP contribution in [-0.2, 0) is 20.0 Å². The Morgan fingerprint density at radius 3 is 1.45 bits per heavy atom. The van der Waals surface area contributed by atoms with E-state index in [0.29, 0.717) is 43.0 Å². The van der Waals surface area contributed by atoms with E-state index in [-0.39, 0.29) is 14.9 Å². The summed E-state index contributed by atoms with van der Waals surface area (Å²) in [6.07, 6.45) is 7.46. The third kappa shape index (κ3) is 5.24. The molecular weight excluding hydrogens is 543 g/mol. The van der Waals surface area contributed by atoms with Crippen molar-refractivity contribution in [2.45, 2.75) is 61.2 Å². The number of thiocarbonyl (C=S) groups is 1. The lowest BCUT2D eigenvalue weighted by Gasteiger charge is -2.20. The first-order chi connectivity index (χ1) is 18.2. The molecule has 9 nitrogen and oxygen atoms in total. The topological polar surface area (TPSA) is 125 Å². The van der Waals surface area contributed by atoms with Crippen molar-refractivity contribution in [3.8, 4) is 11.1 Å². The second-order valence-electron chi connectivity index (χ2n) is 9.99. The van der Waals surface area contributed by atoms with E-state index in [2.05, 4.69) is 10.5 Å². The van der Waals surface area contributed by atoms with Gasteiger partial charge in [-0.3, -0.25) is 5.43 Å². The van der Waals surface area contributed by atoms with Crippen molar-refractivity contribution in [1.82, 2.24) is 14.0 Å². The Bertz CT molecular complexity index is 1370. The van der Waals surface area contributed by atoms with E-state index in [4.69, 9.17) is 18.0 Å². The Balaban J connectivity index is 1.57. The molecule has 0 radical (unpaired) electrons. The highest BCUT2D eigenvalue weighted by atomic mass is 32.2. The van der Waals surface area contributed by atoms with Gasteiger partial charge in [-0.05, 0) is 73.3 Å². The number of benzene rings is 2. The average Bonchev–Trinajstić information content (AvgIpc) is 3.18. The lowest BCUT2D eigenvalue weighted by Crippen LogP contribution is -2.32. The van der Waals surface area contributed by atoms with Crippen molar-refractivity contribution in [2.24, 2.45) is 10.8 Å². The largest absolute Gasteiger partial charge is 0.375 e. The summed E-state index contributed by atoms with van der Waals surface area (Å²) in [5.41, 5.74) is 11.4. The van der Waals surface area contributed by atoms with Crippen LogP contribution in [0.25, 0.3) is 11.1 Å². The van der Waals surface area contributed by atoms with E-state index in [1.807, 2.05) is 0 Å². The fourth-order valence-electron chi connectivity index (χ4n) is 5.47. The molecule has 0 atom stereocenters. The predicted molar refractivity (Wildman–Crippen MR) is 152 cm³/mol. The third-order valence-electron chi connectivity index (χ3n) is 7.47. The molecule has 5 rings (SSSR count). The van der Waals surface area contributed by atoms with Crippen LogP contribution in [0.2, 0.25) is 0 Å². The standard InChI is InChI=1S/C26H33N5O4S3/c27-26(36)29-28-25-23-17-19(37(32,33)30-13-5-1-2-6-14-30)9-11-21(23)22-12-10-20(18-24(22)25)38(34,35)31-15-7-3-4-8-16-31/h9-12,17-18H,1-8,13-16H2,(H3,27,29,36). The molecule has 2 saturated heterocycles. The molecule has 0 unspecified atom stereocenters. The first-order valence-electron chi connectivity index (χ1n) is 13.1. The SMILES string of the molecule is NC(=S)NN=C1c2cc(S(=O)(=O)N3CCCCCC3)ccc2-c2ccc(S(=O)(=O)N3CCCCCC3)cc21. The van der Waals surface area contributed by atoms with Gasteiger partial charge in [-0.15, -0.1) is 0 Å². The number of nitrogens with zero attached hydrogens (tertiary/aromatic N) is 3. The van der Waals surface area contributed by atoms with Gasteiger partial charge in [0.15, 0.2) is 5.11 Å². The Hall–Kier alpha value is -2.38. The van der Waals surface area contributed by atoms with Crippen LogP contribution < -0.4 is 11.2 Å². The monoisotopic (exact) mass is 575 g/mol. The highest BCUT2D eigenvalue weighted by Crippen LogP contribution is 2.40. The van der Waals surface area contributed by atoms with Gasteiger partial charge in [-0.2, -0.15) is 13.7 Å². The first-order valence-corrected chi connectivity index (χ1v) is 16.4. The number of fused-ring (bicyclic) bond motifs is 3. The van der Waals surface area contributed by atoms with Crippen molar-refractivity contribution in [2.75, 3.05) is 26.2 Å². The van der Waals surface area contributed by atoms with Crippen LogP contribution in [0.1, 0.15) is 62.5 Å². The van der Waals surface area contributed by atoms with E-state index in [0.717, 1.165) is 62.5 Å². The number of hydrazone groups is 1. The van der Waals surface area contributed by atoms with Crippen LogP contribution in [0.5, 0.6) is 0 Å². The fraction of sp³-hybridized carbons (Fsp3) is 0.462. The quantitative estimate of drug-likeness (QED) is 0.353. The zero-order valence-electron chi connectivity index (χ0n) is 21.2. The molecule has 3 aliphatic rings. The number of nitrogens with one attached hydrogen (secondary N) is 1. The van der Waals surface area contributed by atoms with Gasteiger partial charge in [0.2, 0.25) is 20.0 Å². The second kappa shape index (κ2) is 11.0. The molecule has 0 bridgehead atoms. The summed E-state index contributed by atoms with van der Waals surface area (Å²) >= 11 is 4.95. The molecule has 1 aliphatic carbocycles. The van der Waals surface area contributed by atoms with Crippen molar-refractivity contribution in [3.63, 3.8) is 0 Å². The van der Waals surface area contributed by atoms with Crippen LogP contribution in [0.15, 0.2) is 51.3 Å². The maximum absolute atomic E-state index is 13.5. The Morgan fingerprint density at radius 1 is 0.684 bits per heavy atom. The van der Waals surface area contributed by atoms with Gasteiger partial charge in [-0.25, -0.2) is 16.8 Å². The molecule has 38 heavy (non-hydrogen) atoms. The molecule has 2 fully saturated rings. The molecule has 12 heteroatoms. The summed E-state index contributed by atoms with van der Waals surface area (Å²) in [6, 6.07) is 10.0. The Labute approximate surface area is 230 Å². The summed E-state index contributed by atoms with van der Waals surface area (Å²) in [6.45, 7) is 2.01. The number of sulfonamides is 2. The van der Waals surface area contributed by atoms with Gasteiger partial charge in [-0.1, -0.05) is 37.8 Å². The highest BCUT2D eigenvalue weighted by Gasteiger charge is 2.33. The van der Waals surface area contributed by atoms with Crippen LogP contribution in [0, 0.1) is 0 Å². The number of nitrogens with two attached hydrogens (primary N) is 1. The summed E-state index contributed by atoms with van der Waals surface area (Å²) in [5.74, 6) is 0. The normalized spacial score (nSPS) is 19.2. The summed E-state index contributed by atoms with van der Waals surface area (Å²) < 4.78 is 57.2. The molecule has 2 heterocycles. The highest BCUT2D eigenvalue weighted by molar-refractivity contribution is 7.89. The minimum absolute atomic E-state index is 0.0471. The van der Waals surface area contributed by atoms with Gasteiger partial charge < -0.3 is 5.73 Å². The lowest BCUT2D eigenvalue weighted by atomic mass is 10.1. The van der Waals surface area contributed by atoms with Crippen LogP contribution in [-0.4, -0.2) is 62.4 Å². The molecule has 2 aromatic rings. The van der Waals surface area contributed by atoms with Gasteiger partial charge in [0, 0.05) is 37.3 Å². The second-order valence-corrected chi connectivity index (χ2v) is 14.3. The maximum Gasteiger partial charge on any atom is 0.243 e. The zero-order valence-corrected chi connectivity index (χ0v) is 23.7. The van der Waals surface area contributed by atoms with E-state index in [9.17, 15) is 16.8 Å². The summed E-state index contributed by atoms with van der Waals surface area (Å²) in [5, 5.41) is 4.34. The van der Waals surface area contributed by atoms with Crippen molar-refractivity contribution in [1.29, 1.82) is 0 Å². The van der Waals surface area contributed by atoms with E-state index >= 15 is 0 Å². The van der Waals surface area contributed by atoms with Crippen LogP contribution in [0.3, 0.4) is 0 Å². The molecule has 0 aromatic heterocycles. The van der Waals surface area contributed by atoms with Crippen molar-refractivity contribution >= 4 is 43.1 Å². The minimum atomic E-state index is -3.69. The van der Waals surface area contributed by atoms with Crippen molar-refractivity contribution < 1.29 is 16.8 Å². The van der Waals surface area contributed by atoms with E-state index in [1.165, 1.54) is 0 Å². The average molecular weight is 576 g/mol. The number of rotatable bonds is 5. The lowest BCUT2D eigenvalue weighted by molar-refractivity contribution is 0.423. The molecule has 0 saturated carbocycles. The smallest absolute Gasteiger partial charge is 0.243 e. The number of hydrogen-bond donors (Lipinski definition) is 2.